The van der Waals surface area contributed by atoms with Gasteiger partial charge >= 0.3 is 0 Å². The Bertz CT molecular complexity index is 1250. The van der Waals surface area contributed by atoms with Crippen LogP contribution in [0.15, 0.2) is 88.3 Å². The van der Waals surface area contributed by atoms with Crippen molar-refractivity contribution in [2.24, 2.45) is 5.14 Å². The predicted octanol–water partition coefficient (Wildman–Crippen LogP) is 3.18. The second kappa shape index (κ2) is 7.52. The molecular formula is C21H16N2O5S2. The lowest BCUT2D eigenvalue weighted by Gasteiger charge is -2.27. The Balaban J connectivity index is 1.85. The van der Waals surface area contributed by atoms with Crippen molar-refractivity contribution in [3.63, 3.8) is 0 Å². The number of sulfonamides is 1. The minimum Gasteiger partial charge on any atom is -0.503 e. The van der Waals surface area contributed by atoms with Crippen molar-refractivity contribution < 1.29 is 23.1 Å². The van der Waals surface area contributed by atoms with E-state index in [1.165, 1.54) is 40.5 Å². The van der Waals surface area contributed by atoms with Crippen molar-refractivity contribution >= 4 is 38.7 Å². The number of carbonyl (C=O) groups excluding carboxylic acids is 2. The van der Waals surface area contributed by atoms with Crippen LogP contribution >= 0.6 is 11.3 Å². The lowest BCUT2D eigenvalue weighted by Crippen LogP contribution is -2.31. The lowest BCUT2D eigenvalue weighted by molar-refractivity contribution is -0.117. The fraction of sp³-hybridized carbons (Fsp3) is 0.0476. The fourth-order valence-electron chi connectivity index (χ4n) is 3.39. The van der Waals surface area contributed by atoms with Crippen LogP contribution < -0.4 is 10.0 Å². The smallest absolute Gasteiger partial charge is 0.294 e. The number of nitrogens with zero attached hydrogens (tertiary/aromatic N) is 1. The third kappa shape index (κ3) is 3.43. The molecule has 2 heterocycles. The van der Waals surface area contributed by atoms with Crippen LogP contribution in [0.2, 0.25) is 0 Å². The molecule has 1 atom stereocenters. The average molecular weight is 441 g/mol. The quantitative estimate of drug-likeness (QED) is 0.591. The van der Waals surface area contributed by atoms with Crippen LogP contribution in [0.5, 0.6) is 0 Å². The van der Waals surface area contributed by atoms with Gasteiger partial charge in [-0.25, -0.2) is 13.6 Å². The van der Waals surface area contributed by atoms with Crippen LogP contribution in [0.4, 0.5) is 5.69 Å². The molecule has 3 N–H and O–H groups in total. The van der Waals surface area contributed by atoms with Crippen molar-refractivity contribution in [1.82, 2.24) is 0 Å². The Labute approximate surface area is 176 Å². The fourth-order valence-corrected chi connectivity index (χ4v) is 4.58. The number of primary sulfonamides is 1. The summed E-state index contributed by atoms with van der Waals surface area (Å²) in [6.45, 7) is 0. The van der Waals surface area contributed by atoms with E-state index < -0.39 is 33.5 Å². The summed E-state index contributed by atoms with van der Waals surface area (Å²) in [4.78, 5) is 27.7. The molecule has 4 rings (SSSR count). The molecule has 3 aromatic rings. The molecule has 0 fully saturated rings. The number of aliphatic hydroxyl groups is 1. The largest absolute Gasteiger partial charge is 0.503 e. The number of hydrogen-bond donors (Lipinski definition) is 2. The second-order valence-corrected chi connectivity index (χ2v) is 9.11. The molecule has 0 radical (unpaired) electrons. The normalized spacial score (nSPS) is 16.9. The van der Waals surface area contributed by atoms with Crippen molar-refractivity contribution in [3.05, 3.63) is 93.9 Å². The molecule has 1 unspecified atom stereocenters. The Hall–Kier alpha value is -3.27. The summed E-state index contributed by atoms with van der Waals surface area (Å²) in [5.74, 6) is -1.81. The molecule has 7 nitrogen and oxygen atoms in total. The zero-order chi connectivity index (χ0) is 21.5. The molecular weight excluding hydrogens is 424 g/mol. The molecule has 0 saturated carbocycles. The molecule has 1 amide bonds. The van der Waals surface area contributed by atoms with E-state index in [1.807, 2.05) is 0 Å². The minimum absolute atomic E-state index is 0.0239. The molecule has 152 valence electrons. The molecule has 0 spiro atoms. The van der Waals surface area contributed by atoms with E-state index in [9.17, 15) is 23.1 Å². The van der Waals surface area contributed by atoms with E-state index in [1.54, 1.807) is 47.8 Å². The number of anilines is 1. The summed E-state index contributed by atoms with van der Waals surface area (Å²) in [5, 5.41) is 17.5. The van der Waals surface area contributed by atoms with Crippen molar-refractivity contribution in [1.29, 1.82) is 0 Å². The highest BCUT2D eigenvalue weighted by molar-refractivity contribution is 7.89. The van der Waals surface area contributed by atoms with E-state index in [4.69, 9.17) is 5.14 Å². The minimum atomic E-state index is -3.90. The Morgan fingerprint density at radius 1 is 1.00 bits per heavy atom. The first kappa shape index (κ1) is 20.0. The van der Waals surface area contributed by atoms with Gasteiger partial charge in [-0.15, -0.1) is 11.3 Å². The summed E-state index contributed by atoms with van der Waals surface area (Å²) in [7, 11) is -3.90. The first-order valence-corrected chi connectivity index (χ1v) is 11.2. The molecule has 1 aliphatic rings. The Morgan fingerprint density at radius 2 is 1.67 bits per heavy atom. The third-order valence-electron chi connectivity index (χ3n) is 4.76. The maximum atomic E-state index is 13.1. The van der Waals surface area contributed by atoms with Crippen LogP contribution in [-0.2, 0) is 14.8 Å². The van der Waals surface area contributed by atoms with Crippen LogP contribution in [0.25, 0.3) is 0 Å². The standard InChI is InChI=1S/C21H16N2O5S2/c22-30(27,28)15-10-8-14(9-11-15)23-18(13-5-2-1-3-6-13)17(20(25)21(23)26)19(24)16-7-4-12-29-16/h1-12,18,25H,(H2,22,27,28). The third-order valence-corrected chi connectivity index (χ3v) is 6.55. The first-order valence-electron chi connectivity index (χ1n) is 8.81. The summed E-state index contributed by atoms with van der Waals surface area (Å²) in [6, 6.07) is 16.7. The number of amides is 1. The Kier molecular flexibility index (Phi) is 5.02. The van der Waals surface area contributed by atoms with E-state index >= 15 is 0 Å². The van der Waals surface area contributed by atoms with Crippen molar-refractivity contribution in [2.75, 3.05) is 4.90 Å². The van der Waals surface area contributed by atoms with Crippen LogP contribution in [0, 0.1) is 0 Å². The molecule has 1 aromatic heterocycles. The zero-order valence-electron chi connectivity index (χ0n) is 15.4. The van der Waals surface area contributed by atoms with Gasteiger partial charge in [0, 0.05) is 5.69 Å². The number of thiophene rings is 1. The van der Waals surface area contributed by atoms with Gasteiger partial charge in [-0.05, 0) is 41.3 Å². The van der Waals surface area contributed by atoms with Gasteiger partial charge in [0.05, 0.1) is 21.4 Å². The number of benzene rings is 2. The van der Waals surface area contributed by atoms with E-state index in [0.29, 0.717) is 16.1 Å². The number of rotatable bonds is 5. The summed E-state index contributed by atoms with van der Waals surface area (Å²) < 4.78 is 23.1. The van der Waals surface area contributed by atoms with Gasteiger partial charge < -0.3 is 5.11 Å². The highest BCUT2D eigenvalue weighted by atomic mass is 32.2. The molecule has 30 heavy (non-hydrogen) atoms. The first-order chi connectivity index (χ1) is 14.3. The van der Waals surface area contributed by atoms with E-state index in [-0.39, 0.29) is 10.5 Å². The zero-order valence-corrected chi connectivity index (χ0v) is 17.1. The molecule has 0 saturated heterocycles. The number of carbonyl (C=O) groups is 2. The van der Waals surface area contributed by atoms with Crippen molar-refractivity contribution in [3.8, 4) is 0 Å². The van der Waals surface area contributed by atoms with Gasteiger partial charge in [0.2, 0.25) is 15.8 Å². The number of ketones is 1. The topological polar surface area (TPSA) is 118 Å². The van der Waals surface area contributed by atoms with E-state index in [0.717, 1.165) is 0 Å². The summed E-state index contributed by atoms with van der Waals surface area (Å²) in [5.41, 5.74) is 0.927. The molecule has 2 aromatic carbocycles. The molecule has 0 aliphatic carbocycles. The number of Topliss-reactive ketones (excluding diaryl/α,β-unsaturated/α-hetero) is 1. The van der Waals surface area contributed by atoms with Gasteiger partial charge in [-0.1, -0.05) is 36.4 Å². The average Bonchev–Trinajstić information content (AvgIpc) is 3.35. The second-order valence-electron chi connectivity index (χ2n) is 6.60. The van der Waals surface area contributed by atoms with Crippen molar-refractivity contribution in [2.45, 2.75) is 10.9 Å². The molecule has 1 aliphatic heterocycles. The number of aliphatic hydroxyl groups excluding tert-OH is 1. The van der Waals surface area contributed by atoms with Crippen LogP contribution in [-0.4, -0.2) is 25.2 Å². The summed E-state index contributed by atoms with van der Waals surface area (Å²) >= 11 is 1.21. The van der Waals surface area contributed by atoms with Gasteiger partial charge in [-0.2, -0.15) is 0 Å². The number of nitrogens with two attached hydrogens (primary N) is 1. The predicted molar refractivity (Wildman–Crippen MR) is 113 cm³/mol. The monoisotopic (exact) mass is 440 g/mol. The van der Waals surface area contributed by atoms with Gasteiger partial charge in [0.15, 0.2) is 5.76 Å². The van der Waals surface area contributed by atoms with Gasteiger partial charge in [0.25, 0.3) is 5.91 Å². The van der Waals surface area contributed by atoms with Crippen LogP contribution in [0.1, 0.15) is 21.3 Å². The number of hydrogen-bond acceptors (Lipinski definition) is 6. The molecule has 9 heteroatoms. The maximum absolute atomic E-state index is 13.1. The molecule has 0 bridgehead atoms. The highest BCUT2D eigenvalue weighted by Crippen LogP contribution is 2.42. The highest BCUT2D eigenvalue weighted by Gasteiger charge is 2.44. The summed E-state index contributed by atoms with van der Waals surface area (Å²) in [6.07, 6.45) is 0. The lowest BCUT2D eigenvalue weighted by atomic mass is 9.95. The maximum Gasteiger partial charge on any atom is 0.294 e. The Morgan fingerprint density at radius 3 is 2.23 bits per heavy atom. The van der Waals surface area contributed by atoms with Gasteiger partial charge in [-0.3, -0.25) is 14.5 Å². The van der Waals surface area contributed by atoms with E-state index in [2.05, 4.69) is 0 Å². The van der Waals surface area contributed by atoms with Gasteiger partial charge in [0.1, 0.15) is 0 Å². The SMILES string of the molecule is NS(=O)(=O)c1ccc(N2C(=O)C(O)=C(C(=O)c3cccs3)C2c2ccccc2)cc1. The van der Waals surface area contributed by atoms with Crippen LogP contribution in [0.3, 0.4) is 0 Å².